The molecular weight excluding hydrogens is 488 g/mol. The minimum absolute atomic E-state index is 0.0344. The Labute approximate surface area is 222 Å². The zero-order valence-electron chi connectivity index (χ0n) is 22.5. The van der Waals surface area contributed by atoms with Crippen molar-refractivity contribution in [3.8, 4) is 0 Å². The van der Waals surface area contributed by atoms with Crippen LogP contribution in [0.5, 0.6) is 0 Å². The molecule has 8 heteroatoms. The number of ketones is 3. The number of Topliss-reactive ketones (excluding diaryl/α,β-unsaturated/α-hetero) is 3. The Bertz CT molecular complexity index is 1220. The van der Waals surface area contributed by atoms with E-state index in [4.69, 9.17) is 9.47 Å². The molecule has 9 atom stereocenters. The molecule has 2 bridgehead atoms. The third kappa shape index (κ3) is 3.55. The van der Waals surface area contributed by atoms with Gasteiger partial charge in [0.05, 0.1) is 5.60 Å². The number of hydrogen-bond donors (Lipinski definition) is 1. The minimum atomic E-state index is -1.34. The van der Waals surface area contributed by atoms with Crippen LogP contribution in [0.1, 0.15) is 66.2 Å². The fraction of sp³-hybridized carbons (Fsp3) is 0.633. The van der Waals surface area contributed by atoms with Crippen LogP contribution in [0.15, 0.2) is 35.5 Å². The smallest absolute Gasteiger partial charge is 0.334 e. The second-order valence-corrected chi connectivity index (χ2v) is 12.2. The van der Waals surface area contributed by atoms with Crippen molar-refractivity contribution in [1.29, 1.82) is 0 Å². The molecule has 0 unspecified atom stereocenters. The maximum atomic E-state index is 14.3. The normalized spacial score (nSPS) is 41.6. The highest BCUT2D eigenvalue weighted by Crippen LogP contribution is 2.71. The van der Waals surface area contributed by atoms with Crippen molar-refractivity contribution in [2.24, 2.45) is 35.0 Å². The predicted octanol–water partition coefficient (Wildman–Crippen LogP) is 3.21. The summed E-state index contributed by atoms with van der Waals surface area (Å²) in [6, 6.07) is 0. The first kappa shape index (κ1) is 26.7. The lowest BCUT2D eigenvalue weighted by atomic mass is 9.56. The lowest BCUT2D eigenvalue weighted by molar-refractivity contribution is -0.149. The van der Waals surface area contributed by atoms with Gasteiger partial charge in [0.15, 0.2) is 0 Å². The second kappa shape index (κ2) is 8.83. The number of ether oxygens (including phenoxy) is 2. The minimum Gasteiger partial charge on any atom is -0.458 e. The summed E-state index contributed by atoms with van der Waals surface area (Å²) in [5.41, 5.74) is -0.137. The highest BCUT2D eigenvalue weighted by molar-refractivity contribution is 5.95. The summed E-state index contributed by atoms with van der Waals surface area (Å²) in [7, 11) is 0. The SMILES string of the molecule is C=C1C(=O)O[C@@H]2C3=C(C)[C@@H]4C[C@]3([C@H](C(=O)C[C@H]3OC(=O)C(=C)[C@@H]3CCC(C)=O)[C@H]4C(C)=O)[C@@](C)(O)CC[C@@H]12. The third-order valence-corrected chi connectivity index (χ3v) is 10.3. The summed E-state index contributed by atoms with van der Waals surface area (Å²) >= 11 is 0. The molecule has 2 saturated carbocycles. The summed E-state index contributed by atoms with van der Waals surface area (Å²) in [6.45, 7) is 14.4. The zero-order valence-corrected chi connectivity index (χ0v) is 22.5. The van der Waals surface area contributed by atoms with Gasteiger partial charge in [-0.2, -0.15) is 0 Å². The molecule has 1 N–H and O–H groups in total. The summed E-state index contributed by atoms with van der Waals surface area (Å²) in [4.78, 5) is 63.9. The maximum Gasteiger partial charge on any atom is 0.334 e. The van der Waals surface area contributed by atoms with Crippen LogP contribution < -0.4 is 0 Å². The number of aliphatic hydroxyl groups is 1. The molecule has 38 heavy (non-hydrogen) atoms. The van der Waals surface area contributed by atoms with Gasteiger partial charge in [-0.15, -0.1) is 0 Å². The molecule has 2 aliphatic heterocycles. The van der Waals surface area contributed by atoms with Crippen molar-refractivity contribution >= 4 is 29.3 Å². The van der Waals surface area contributed by atoms with Crippen LogP contribution >= 0.6 is 0 Å². The number of fused-ring (bicyclic) bond motifs is 3. The molecule has 0 aromatic carbocycles. The molecule has 8 nitrogen and oxygen atoms in total. The van der Waals surface area contributed by atoms with E-state index in [1.807, 2.05) is 6.92 Å². The third-order valence-electron chi connectivity index (χ3n) is 10.3. The van der Waals surface area contributed by atoms with Crippen LogP contribution in [0.4, 0.5) is 0 Å². The van der Waals surface area contributed by atoms with E-state index in [2.05, 4.69) is 13.2 Å². The largest absolute Gasteiger partial charge is 0.458 e. The fourth-order valence-electron chi connectivity index (χ4n) is 8.46. The number of carbonyl (C=O) groups excluding carboxylic acids is 5. The standard InChI is InChI=1S/C30H36O8/c1-13(31)7-8-18-15(3)27(34)37-22(18)11-21(33)25-23(17(5)32)20-12-30(25)24(14(20)2)26-19(9-10-29(30,6)36)16(4)28(35)38-26/h18-20,22-23,25-26,36H,3-4,7-12H2,1-2,5-6H3/t18-,19-,20-,22+,23-,25+,26-,29-,30-/m0/s1. The number of carbonyl (C=O) groups is 5. The molecule has 0 radical (unpaired) electrons. The summed E-state index contributed by atoms with van der Waals surface area (Å²) in [5.74, 6) is -3.99. The lowest BCUT2D eigenvalue weighted by Crippen LogP contribution is -2.55. The second-order valence-electron chi connectivity index (χ2n) is 12.2. The van der Waals surface area contributed by atoms with Gasteiger partial charge in [-0.05, 0) is 64.9 Å². The van der Waals surface area contributed by atoms with Gasteiger partial charge in [0.1, 0.15) is 29.6 Å². The molecule has 1 spiro atoms. The van der Waals surface area contributed by atoms with E-state index >= 15 is 0 Å². The Morgan fingerprint density at radius 1 is 1.05 bits per heavy atom. The first-order chi connectivity index (χ1) is 17.7. The van der Waals surface area contributed by atoms with Crippen molar-refractivity contribution < 1.29 is 38.6 Å². The van der Waals surface area contributed by atoms with E-state index in [-0.39, 0.29) is 47.6 Å². The van der Waals surface area contributed by atoms with E-state index < -0.39 is 52.9 Å². The summed E-state index contributed by atoms with van der Waals surface area (Å²) < 4.78 is 11.4. The van der Waals surface area contributed by atoms with Crippen LogP contribution in [0.25, 0.3) is 0 Å². The number of esters is 2. The monoisotopic (exact) mass is 524 g/mol. The van der Waals surface area contributed by atoms with Gasteiger partial charge in [-0.25, -0.2) is 9.59 Å². The summed E-state index contributed by atoms with van der Waals surface area (Å²) in [5, 5.41) is 12.1. The molecule has 0 aromatic rings. The molecule has 2 heterocycles. The van der Waals surface area contributed by atoms with E-state index in [1.165, 1.54) is 13.8 Å². The molecule has 5 rings (SSSR count). The van der Waals surface area contributed by atoms with E-state index in [1.54, 1.807) is 6.92 Å². The predicted molar refractivity (Wildman–Crippen MR) is 135 cm³/mol. The Morgan fingerprint density at radius 2 is 1.71 bits per heavy atom. The van der Waals surface area contributed by atoms with Gasteiger partial charge >= 0.3 is 11.9 Å². The Hall–Kier alpha value is -2.87. The maximum absolute atomic E-state index is 14.3. The molecule has 4 fully saturated rings. The van der Waals surface area contributed by atoms with Crippen LogP contribution in [0.2, 0.25) is 0 Å². The molecule has 204 valence electrons. The Morgan fingerprint density at radius 3 is 2.34 bits per heavy atom. The van der Waals surface area contributed by atoms with Crippen molar-refractivity contribution in [3.63, 3.8) is 0 Å². The first-order valence-electron chi connectivity index (χ1n) is 13.5. The van der Waals surface area contributed by atoms with Gasteiger partial charge < -0.3 is 19.4 Å². The van der Waals surface area contributed by atoms with Crippen LogP contribution in [0.3, 0.4) is 0 Å². The lowest BCUT2D eigenvalue weighted by Gasteiger charge is -2.49. The topological polar surface area (TPSA) is 124 Å². The van der Waals surface area contributed by atoms with Crippen LogP contribution in [0, 0.1) is 35.0 Å². The van der Waals surface area contributed by atoms with E-state index in [9.17, 15) is 29.1 Å². The Balaban J connectivity index is 1.56. The van der Waals surface area contributed by atoms with Crippen molar-refractivity contribution in [2.45, 2.75) is 84.0 Å². The fourth-order valence-corrected chi connectivity index (χ4v) is 8.46. The van der Waals surface area contributed by atoms with Crippen molar-refractivity contribution in [1.82, 2.24) is 0 Å². The Kier molecular flexibility index (Phi) is 6.21. The quantitative estimate of drug-likeness (QED) is 0.306. The van der Waals surface area contributed by atoms with E-state index in [0.717, 1.165) is 11.1 Å². The zero-order chi connectivity index (χ0) is 27.9. The molecular formula is C30H36O8. The van der Waals surface area contributed by atoms with Crippen molar-refractivity contribution in [2.75, 3.05) is 0 Å². The number of cyclic esters (lactones) is 1. The van der Waals surface area contributed by atoms with Crippen molar-refractivity contribution in [3.05, 3.63) is 35.5 Å². The van der Waals surface area contributed by atoms with Gasteiger partial charge in [-0.3, -0.25) is 9.59 Å². The average molecular weight is 525 g/mol. The number of hydrogen-bond acceptors (Lipinski definition) is 8. The molecule has 2 saturated heterocycles. The van der Waals surface area contributed by atoms with Crippen LogP contribution in [-0.4, -0.2) is 52.2 Å². The van der Waals surface area contributed by atoms with Gasteiger partial charge in [0, 0.05) is 53.1 Å². The number of allylic oxidation sites excluding steroid dienone is 1. The van der Waals surface area contributed by atoms with Gasteiger partial charge in [0.25, 0.3) is 0 Å². The van der Waals surface area contributed by atoms with Gasteiger partial charge in [-0.1, -0.05) is 18.7 Å². The van der Waals surface area contributed by atoms with Gasteiger partial charge in [0.2, 0.25) is 0 Å². The molecule has 3 aliphatic carbocycles. The number of rotatable bonds is 7. The first-order valence-corrected chi connectivity index (χ1v) is 13.5. The molecule has 5 aliphatic rings. The highest BCUT2D eigenvalue weighted by atomic mass is 16.6. The van der Waals surface area contributed by atoms with Crippen LogP contribution in [-0.2, 0) is 33.4 Å². The highest BCUT2D eigenvalue weighted by Gasteiger charge is 2.73. The molecule has 0 aromatic heterocycles. The molecule has 0 amide bonds. The summed E-state index contributed by atoms with van der Waals surface area (Å²) in [6.07, 6.45) is 0.240. The average Bonchev–Trinajstić information content (AvgIpc) is 3.48. The van der Waals surface area contributed by atoms with E-state index in [0.29, 0.717) is 31.3 Å².